The number of rotatable bonds is 4. The van der Waals surface area contributed by atoms with Gasteiger partial charge in [-0.05, 0) is 23.8 Å². The van der Waals surface area contributed by atoms with E-state index in [1.165, 1.54) is 6.07 Å². The van der Waals surface area contributed by atoms with Crippen molar-refractivity contribution < 1.29 is 9.18 Å². The maximum atomic E-state index is 13.7. The number of carbonyl (C=O) groups is 1. The van der Waals surface area contributed by atoms with Crippen LogP contribution >= 0.6 is 11.6 Å². The smallest absolute Gasteiger partial charge is 0.227 e. The highest BCUT2D eigenvalue weighted by molar-refractivity contribution is 6.30. The molecule has 0 unspecified atom stereocenters. The lowest BCUT2D eigenvalue weighted by atomic mass is 10.1. The molecular weight excluding hydrogens is 327 g/mol. The molecule has 1 aliphatic heterocycles. The second kappa shape index (κ2) is 7.77. The van der Waals surface area contributed by atoms with E-state index < -0.39 is 0 Å². The number of nitrogens with zero attached hydrogens (tertiary/aromatic N) is 2. The Morgan fingerprint density at radius 3 is 2.33 bits per heavy atom. The molecule has 0 spiro atoms. The Hall–Kier alpha value is -1.91. The third kappa shape index (κ3) is 4.34. The minimum Gasteiger partial charge on any atom is -0.340 e. The largest absolute Gasteiger partial charge is 0.340 e. The van der Waals surface area contributed by atoms with Crippen LogP contribution in [0.1, 0.15) is 11.1 Å². The van der Waals surface area contributed by atoms with Crippen LogP contribution in [0.25, 0.3) is 0 Å². The number of halogens is 2. The monoisotopic (exact) mass is 346 g/mol. The van der Waals surface area contributed by atoms with Crippen molar-refractivity contribution in [3.63, 3.8) is 0 Å². The van der Waals surface area contributed by atoms with Gasteiger partial charge in [-0.25, -0.2) is 4.39 Å². The second-order valence-corrected chi connectivity index (χ2v) is 6.49. The van der Waals surface area contributed by atoms with Crippen molar-refractivity contribution in [1.82, 2.24) is 9.80 Å². The third-order valence-corrected chi connectivity index (χ3v) is 4.60. The van der Waals surface area contributed by atoms with Gasteiger partial charge in [-0.2, -0.15) is 0 Å². The maximum Gasteiger partial charge on any atom is 0.227 e. The number of amides is 1. The van der Waals surface area contributed by atoms with E-state index in [9.17, 15) is 9.18 Å². The summed E-state index contributed by atoms with van der Waals surface area (Å²) in [6.07, 6.45) is 0.393. The highest BCUT2D eigenvalue weighted by atomic mass is 35.5. The van der Waals surface area contributed by atoms with Gasteiger partial charge in [0.1, 0.15) is 5.82 Å². The summed E-state index contributed by atoms with van der Waals surface area (Å²) in [7, 11) is 0. The van der Waals surface area contributed by atoms with E-state index in [0.29, 0.717) is 36.6 Å². The Morgan fingerprint density at radius 2 is 1.67 bits per heavy atom. The molecule has 126 valence electrons. The van der Waals surface area contributed by atoms with Crippen LogP contribution in [-0.2, 0) is 17.8 Å². The van der Waals surface area contributed by atoms with Crippen molar-refractivity contribution in [3.05, 3.63) is 70.5 Å². The normalized spacial score (nSPS) is 15.5. The fourth-order valence-electron chi connectivity index (χ4n) is 2.91. The van der Waals surface area contributed by atoms with Crippen LogP contribution in [0.4, 0.5) is 4.39 Å². The summed E-state index contributed by atoms with van der Waals surface area (Å²) < 4.78 is 13.7. The standard InChI is InChI=1S/C19H20ClFN2O/c20-17-7-5-15(6-8-17)13-19(24)23-11-9-22(10-12-23)14-16-3-1-2-4-18(16)21/h1-8H,9-14H2. The van der Waals surface area contributed by atoms with Gasteiger partial charge >= 0.3 is 0 Å². The van der Waals surface area contributed by atoms with Crippen molar-refractivity contribution in [2.24, 2.45) is 0 Å². The molecule has 1 aliphatic rings. The summed E-state index contributed by atoms with van der Waals surface area (Å²) >= 11 is 5.86. The SMILES string of the molecule is O=C(Cc1ccc(Cl)cc1)N1CCN(Cc2ccccc2F)CC1. The van der Waals surface area contributed by atoms with Crippen molar-refractivity contribution in [2.45, 2.75) is 13.0 Å². The summed E-state index contributed by atoms with van der Waals surface area (Å²) in [5, 5.41) is 0.674. The molecule has 1 fully saturated rings. The van der Waals surface area contributed by atoms with E-state index in [0.717, 1.165) is 18.7 Å². The number of piperazine rings is 1. The molecule has 0 radical (unpaired) electrons. The molecule has 2 aromatic carbocycles. The molecule has 0 N–H and O–H groups in total. The fraction of sp³-hybridized carbons (Fsp3) is 0.316. The summed E-state index contributed by atoms with van der Waals surface area (Å²) in [6, 6.07) is 14.2. The van der Waals surface area contributed by atoms with Gasteiger partial charge in [-0.3, -0.25) is 9.69 Å². The first-order valence-corrected chi connectivity index (χ1v) is 8.47. The predicted octanol–water partition coefficient (Wildman–Crippen LogP) is 3.37. The van der Waals surface area contributed by atoms with Crippen LogP contribution in [0, 0.1) is 5.82 Å². The van der Waals surface area contributed by atoms with Gasteiger partial charge in [-0.15, -0.1) is 0 Å². The summed E-state index contributed by atoms with van der Waals surface area (Å²) in [5.41, 5.74) is 1.68. The number of hydrogen-bond acceptors (Lipinski definition) is 2. The average Bonchev–Trinajstić information content (AvgIpc) is 2.59. The van der Waals surface area contributed by atoms with Crippen LogP contribution in [0.5, 0.6) is 0 Å². The van der Waals surface area contributed by atoms with Gasteiger partial charge < -0.3 is 4.90 Å². The first kappa shape index (κ1) is 16.9. The summed E-state index contributed by atoms with van der Waals surface area (Å²) in [4.78, 5) is 16.5. The van der Waals surface area contributed by atoms with E-state index >= 15 is 0 Å². The van der Waals surface area contributed by atoms with Crippen molar-refractivity contribution >= 4 is 17.5 Å². The number of carbonyl (C=O) groups excluding carboxylic acids is 1. The molecule has 0 aliphatic carbocycles. The first-order valence-electron chi connectivity index (χ1n) is 8.10. The van der Waals surface area contributed by atoms with Gasteiger partial charge in [-0.1, -0.05) is 41.9 Å². The molecule has 0 bridgehead atoms. The van der Waals surface area contributed by atoms with Crippen molar-refractivity contribution in [3.8, 4) is 0 Å². The van der Waals surface area contributed by atoms with Crippen LogP contribution < -0.4 is 0 Å². The zero-order valence-corrected chi connectivity index (χ0v) is 14.2. The Bertz CT molecular complexity index is 697. The quantitative estimate of drug-likeness (QED) is 0.847. The van der Waals surface area contributed by atoms with E-state index in [1.54, 1.807) is 18.2 Å². The molecule has 2 aromatic rings. The topological polar surface area (TPSA) is 23.6 Å². The lowest BCUT2D eigenvalue weighted by molar-refractivity contribution is -0.132. The molecule has 0 aromatic heterocycles. The Labute approximate surface area is 146 Å². The highest BCUT2D eigenvalue weighted by Gasteiger charge is 2.21. The van der Waals surface area contributed by atoms with E-state index in [2.05, 4.69) is 4.90 Å². The van der Waals surface area contributed by atoms with E-state index in [-0.39, 0.29) is 11.7 Å². The summed E-state index contributed by atoms with van der Waals surface area (Å²) in [6.45, 7) is 3.48. The Kier molecular flexibility index (Phi) is 5.48. The zero-order valence-electron chi connectivity index (χ0n) is 13.4. The highest BCUT2D eigenvalue weighted by Crippen LogP contribution is 2.14. The maximum absolute atomic E-state index is 13.7. The molecular formula is C19H20ClFN2O. The number of hydrogen-bond donors (Lipinski definition) is 0. The van der Waals surface area contributed by atoms with Crippen molar-refractivity contribution in [1.29, 1.82) is 0 Å². The number of benzene rings is 2. The minimum absolute atomic E-state index is 0.128. The lowest BCUT2D eigenvalue weighted by Gasteiger charge is -2.35. The molecule has 3 rings (SSSR count). The predicted molar refractivity (Wildman–Crippen MR) is 93.4 cm³/mol. The van der Waals surface area contributed by atoms with Gasteiger partial charge in [0.25, 0.3) is 0 Å². The van der Waals surface area contributed by atoms with Crippen LogP contribution in [0.15, 0.2) is 48.5 Å². The van der Waals surface area contributed by atoms with Gasteiger partial charge in [0.15, 0.2) is 0 Å². The molecule has 0 saturated carbocycles. The fourth-order valence-corrected chi connectivity index (χ4v) is 3.04. The van der Waals surface area contributed by atoms with E-state index in [4.69, 9.17) is 11.6 Å². The Balaban J connectivity index is 1.50. The second-order valence-electron chi connectivity index (χ2n) is 6.05. The molecule has 24 heavy (non-hydrogen) atoms. The Morgan fingerprint density at radius 1 is 1.00 bits per heavy atom. The zero-order chi connectivity index (χ0) is 16.9. The van der Waals surface area contributed by atoms with Crippen molar-refractivity contribution in [2.75, 3.05) is 26.2 Å². The molecule has 1 heterocycles. The average molecular weight is 347 g/mol. The van der Waals surface area contributed by atoms with Crippen LogP contribution in [-0.4, -0.2) is 41.9 Å². The lowest BCUT2D eigenvalue weighted by Crippen LogP contribution is -2.48. The molecule has 1 amide bonds. The minimum atomic E-state index is -0.168. The van der Waals surface area contributed by atoms with Gasteiger partial charge in [0, 0.05) is 43.3 Å². The van der Waals surface area contributed by atoms with Crippen LogP contribution in [0.3, 0.4) is 0 Å². The van der Waals surface area contributed by atoms with Gasteiger partial charge in [0.05, 0.1) is 6.42 Å². The molecule has 5 heteroatoms. The molecule has 0 atom stereocenters. The molecule has 1 saturated heterocycles. The van der Waals surface area contributed by atoms with Crippen LogP contribution in [0.2, 0.25) is 5.02 Å². The first-order chi connectivity index (χ1) is 11.6. The third-order valence-electron chi connectivity index (χ3n) is 4.35. The molecule has 3 nitrogen and oxygen atoms in total. The summed E-state index contributed by atoms with van der Waals surface area (Å²) in [5.74, 6) is -0.0402. The van der Waals surface area contributed by atoms with Gasteiger partial charge in [0.2, 0.25) is 5.91 Å². The van der Waals surface area contributed by atoms with E-state index in [1.807, 2.05) is 29.2 Å².